The molecule has 1 aliphatic carbocycles. The van der Waals surface area contributed by atoms with Crippen molar-refractivity contribution in [2.45, 2.75) is 96.2 Å². The van der Waals surface area contributed by atoms with E-state index in [0.29, 0.717) is 30.2 Å². The van der Waals surface area contributed by atoms with Crippen molar-refractivity contribution < 1.29 is 26.6 Å². The fourth-order valence-corrected chi connectivity index (χ4v) is 8.81. The van der Waals surface area contributed by atoms with E-state index in [9.17, 15) is 26.6 Å². The predicted molar refractivity (Wildman–Crippen MR) is 150 cm³/mol. The van der Waals surface area contributed by atoms with Crippen LogP contribution >= 0.6 is 0 Å². The highest BCUT2D eigenvalue weighted by atomic mass is 32.2. The zero-order valence-electron chi connectivity index (χ0n) is 23.3. The lowest BCUT2D eigenvalue weighted by atomic mass is 9.83. The molecule has 1 aromatic carbocycles. The van der Waals surface area contributed by atoms with E-state index in [4.69, 9.17) is 0 Å². The number of ketones is 1. The minimum Gasteiger partial charge on any atom is -0.288 e. The van der Waals surface area contributed by atoms with E-state index in [2.05, 4.69) is 26.0 Å². The average molecular weight is 569 g/mol. The molecule has 214 valence electrons. The largest absolute Gasteiger partial charge is 0.485 e. The van der Waals surface area contributed by atoms with Crippen molar-refractivity contribution in [3.8, 4) is 0 Å². The number of carbonyl (C=O) groups excluding carboxylic acids is 1. The minimum absolute atomic E-state index is 0.0800. The van der Waals surface area contributed by atoms with E-state index < -0.39 is 16.5 Å². The number of carbonyl (C=O) groups is 1. The average Bonchev–Trinajstić information content (AvgIpc) is 2.89. The number of halogens is 4. The van der Waals surface area contributed by atoms with E-state index in [0.717, 1.165) is 4.31 Å². The summed E-state index contributed by atoms with van der Waals surface area (Å²) < 4.78 is 60.6. The Labute approximate surface area is 227 Å². The smallest absolute Gasteiger partial charge is 0.288 e. The van der Waals surface area contributed by atoms with Crippen molar-refractivity contribution in [3.63, 3.8) is 0 Å². The molecule has 0 N–H and O–H groups in total. The summed E-state index contributed by atoms with van der Waals surface area (Å²) in [7, 11) is -2.82. The Kier molecular flexibility index (Phi) is 15.0. The molecule has 2 unspecified atom stereocenters. The third-order valence-corrected chi connectivity index (χ3v) is 11.0. The Balaban J connectivity index is 0.00000104. The van der Waals surface area contributed by atoms with Crippen LogP contribution in [0.15, 0.2) is 24.3 Å². The summed E-state index contributed by atoms with van der Waals surface area (Å²) in [4.78, 5) is 13.5. The van der Waals surface area contributed by atoms with E-state index in [1.54, 1.807) is 0 Å². The highest BCUT2D eigenvalue weighted by molar-refractivity contribution is 7.98. The normalized spacial score (nSPS) is 19.6. The van der Waals surface area contributed by atoms with Gasteiger partial charge < -0.3 is 0 Å². The molecule has 37 heavy (non-hydrogen) atoms. The molecule has 0 radical (unpaired) electrons. The molecule has 1 saturated carbocycles. The van der Waals surface area contributed by atoms with Crippen LogP contribution in [0.25, 0.3) is 0 Å². The summed E-state index contributed by atoms with van der Waals surface area (Å²) in [5.41, 5.74) is -3.04. The van der Waals surface area contributed by atoms with Gasteiger partial charge in [0.15, 0.2) is 5.25 Å². The maximum atomic E-state index is 13.5. The molecule has 0 bridgehead atoms. The minimum atomic E-state index is -4.73. The van der Waals surface area contributed by atoms with Crippen LogP contribution in [0, 0.1) is 5.41 Å². The Morgan fingerprint density at radius 3 is 1.86 bits per heavy atom. The Morgan fingerprint density at radius 1 is 0.973 bits per heavy atom. The van der Waals surface area contributed by atoms with Gasteiger partial charge >= 0.3 is 5.51 Å². The number of alkyl halides is 4. The van der Waals surface area contributed by atoms with Crippen LogP contribution in [0.5, 0.6) is 0 Å². The quantitative estimate of drug-likeness (QED) is 0.199. The second-order valence-electron chi connectivity index (χ2n) is 10.6. The number of Topliss-reactive ketones (excluding diaryl/α,β-unsaturated/α-hetero) is 1. The summed E-state index contributed by atoms with van der Waals surface area (Å²) >= 11 is 0. The fraction of sp³-hybridized carbons (Fsp3) is 0.750. The molecular formula is C28H46F4NO2S2+. The van der Waals surface area contributed by atoms with E-state index in [-0.39, 0.29) is 40.4 Å². The first-order valence-corrected chi connectivity index (χ1v) is 16.0. The molecule has 1 heterocycles. The molecule has 2 fully saturated rings. The van der Waals surface area contributed by atoms with Gasteiger partial charge in [0, 0.05) is 21.9 Å². The van der Waals surface area contributed by atoms with Crippen LogP contribution in [-0.4, -0.2) is 56.8 Å². The molecule has 9 heteroatoms. The molecule has 0 aromatic heterocycles. The number of hydrogen-bond acceptors (Lipinski definition) is 2. The number of benzene rings is 1. The molecular weight excluding hydrogens is 522 g/mol. The van der Waals surface area contributed by atoms with Gasteiger partial charge in [0.05, 0.1) is 20.3 Å². The van der Waals surface area contributed by atoms with Crippen LogP contribution in [0.3, 0.4) is 0 Å². The maximum Gasteiger partial charge on any atom is 0.485 e. The molecule has 0 spiro atoms. The lowest BCUT2D eigenvalue weighted by Crippen LogP contribution is -2.52. The van der Waals surface area contributed by atoms with Crippen molar-refractivity contribution in [2.75, 3.05) is 31.8 Å². The lowest BCUT2D eigenvalue weighted by molar-refractivity contribution is -0.0427. The van der Waals surface area contributed by atoms with Gasteiger partial charge in [-0.2, -0.15) is 13.2 Å². The molecule has 2 aliphatic rings. The van der Waals surface area contributed by atoms with Gasteiger partial charge in [0.2, 0.25) is 16.8 Å². The zero-order valence-corrected chi connectivity index (χ0v) is 25.0. The first kappa shape index (κ1) is 34.1. The molecule has 0 amide bonds. The zero-order chi connectivity index (χ0) is 28.2. The fourth-order valence-electron chi connectivity index (χ4n) is 4.75. The van der Waals surface area contributed by atoms with Gasteiger partial charge in [0.1, 0.15) is 11.5 Å². The molecule has 1 aliphatic heterocycles. The lowest BCUT2D eigenvalue weighted by Gasteiger charge is -2.34. The first-order chi connectivity index (χ1) is 17.4. The molecule has 3 rings (SSSR count). The van der Waals surface area contributed by atoms with Crippen LogP contribution in [0.1, 0.15) is 101 Å². The number of nitrogens with zero attached hydrogens (tertiary/aromatic N) is 1. The van der Waals surface area contributed by atoms with E-state index in [1.807, 2.05) is 32.9 Å². The van der Waals surface area contributed by atoms with Crippen LogP contribution < -0.4 is 0 Å². The van der Waals surface area contributed by atoms with Gasteiger partial charge in [-0.15, -0.1) is 0 Å². The Bertz CT molecular complexity index is 809. The van der Waals surface area contributed by atoms with Crippen molar-refractivity contribution in [1.82, 2.24) is 4.31 Å². The van der Waals surface area contributed by atoms with Gasteiger partial charge in [-0.05, 0) is 24.3 Å². The highest BCUT2D eigenvalue weighted by Gasteiger charge is 2.50. The molecule has 2 atom stereocenters. The SMILES string of the molecule is CC(C)(C)C(C(=O)c1ccc(C2CCCCC2)cc1)[S+]1CCN(S(=O)C(F)(F)F)CC1.CCCC.CF. The van der Waals surface area contributed by atoms with Crippen LogP contribution in [0.4, 0.5) is 17.6 Å². The predicted octanol–water partition coefficient (Wildman–Crippen LogP) is 7.84. The maximum absolute atomic E-state index is 13.5. The Hall–Kier alpha value is -0.930. The second kappa shape index (κ2) is 16.2. The molecule has 1 aromatic rings. The summed E-state index contributed by atoms with van der Waals surface area (Å²) in [6.07, 6.45) is 8.87. The number of unbranched alkanes of at least 4 members (excludes halogenated alkanes) is 1. The van der Waals surface area contributed by atoms with Gasteiger partial charge in [-0.25, -0.2) is 8.51 Å². The summed E-state index contributed by atoms with van der Waals surface area (Å²) in [5, 5.41) is -0.255. The Morgan fingerprint density at radius 2 is 1.46 bits per heavy atom. The van der Waals surface area contributed by atoms with E-state index >= 15 is 0 Å². The second-order valence-corrected chi connectivity index (χ2v) is 14.5. The van der Waals surface area contributed by atoms with Gasteiger partial charge in [-0.3, -0.25) is 9.18 Å². The van der Waals surface area contributed by atoms with Crippen LogP contribution in [0.2, 0.25) is 0 Å². The molecule has 3 nitrogen and oxygen atoms in total. The topological polar surface area (TPSA) is 37.4 Å². The summed E-state index contributed by atoms with van der Waals surface area (Å²) in [6, 6.07) is 8.04. The van der Waals surface area contributed by atoms with Gasteiger partial charge in [-0.1, -0.05) is 91.0 Å². The summed E-state index contributed by atoms with van der Waals surface area (Å²) in [5.74, 6) is 1.60. The van der Waals surface area contributed by atoms with Crippen molar-refractivity contribution in [2.24, 2.45) is 5.41 Å². The van der Waals surface area contributed by atoms with Crippen molar-refractivity contribution in [1.29, 1.82) is 0 Å². The molecule has 1 saturated heterocycles. The van der Waals surface area contributed by atoms with Crippen LogP contribution in [-0.2, 0) is 21.9 Å². The van der Waals surface area contributed by atoms with Gasteiger partial charge in [0.25, 0.3) is 0 Å². The summed E-state index contributed by atoms with van der Waals surface area (Å²) in [6.45, 7) is 10.7. The standard InChI is InChI=1S/C23H33F3NO2S2.C4H10.CH3F/c1-22(2,3)21(30-15-13-27(14-16-30)31(29)23(24,25)26)20(28)19-11-9-18(10-12-19)17-7-5-4-6-8-17;1-3-4-2;1-2/h9-12,17,21H,4-8,13-16H2,1-3H3;3-4H2,1-2H3;1H3/q+1;;. The third kappa shape index (κ3) is 10.6. The van der Waals surface area contributed by atoms with E-state index in [1.165, 1.54) is 50.5 Å². The van der Waals surface area contributed by atoms with Crippen molar-refractivity contribution >= 4 is 27.7 Å². The first-order valence-electron chi connectivity index (χ1n) is 13.3. The highest BCUT2D eigenvalue weighted by Crippen LogP contribution is 2.35. The van der Waals surface area contributed by atoms with Crippen molar-refractivity contribution in [3.05, 3.63) is 35.4 Å². The number of rotatable bonds is 6. The monoisotopic (exact) mass is 568 g/mol. The third-order valence-electron chi connectivity index (χ3n) is 6.77. The number of hydrogen-bond donors (Lipinski definition) is 0.